The second-order valence-corrected chi connectivity index (χ2v) is 7.73. The van der Waals surface area contributed by atoms with Crippen LogP contribution in [0.5, 0.6) is 0 Å². The van der Waals surface area contributed by atoms with Gasteiger partial charge in [-0.05, 0) is 48.6 Å². The van der Waals surface area contributed by atoms with Gasteiger partial charge in [0, 0.05) is 29.7 Å². The third-order valence-electron chi connectivity index (χ3n) is 4.89. The summed E-state index contributed by atoms with van der Waals surface area (Å²) < 4.78 is 1.95. The average Bonchev–Trinajstić information content (AvgIpc) is 3.34. The number of carbonyl (C=O) groups is 1. The van der Waals surface area contributed by atoms with E-state index in [9.17, 15) is 4.79 Å². The fourth-order valence-corrected chi connectivity index (χ4v) is 3.92. The highest BCUT2D eigenvalue weighted by molar-refractivity contribution is 7.98. The highest BCUT2D eigenvalue weighted by Crippen LogP contribution is 2.21. The lowest BCUT2D eigenvalue weighted by Gasteiger charge is -2.17. The smallest absolute Gasteiger partial charge is 0.220 e. The summed E-state index contributed by atoms with van der Waals surface area (Å²) in [6.45, 7) is 0. The molecule has 4 rings (SSSR count). The highest BCUT2D eigenvalue weighted by Gasteiger charge is 2.20. The van der Waals surface area contributed by atoms with Crippen molar-refractivity contribution >= 4 is 34.2 Å². The van der Waals surface area contributed by atoms with Crippen molar-refractivity contribution in [3.05, 3.63) is 66.2 Å². The zero-order valence-corrected chi connectivity index (χ0v) is 16.6. The Morgan fingerprint density at radius 2 is 2.07 bits per heavy atom. The van der Waals surface area contributed by atoms with Crippen LogP contribution in [-0.2, 0) is 11.2 Å². The summed E-state index contributed by atoms with van der Waals surface area (Å²) in [4.78, 5) is 16.0. The summed E-state index contributed by atoms with van der Waals surface area (Å²) >= 11 is 1.76. The van der Waals surface area contributed by atoms with Crippen LogP contribution in [-0.4, -0.2) is 37.5 Å². The second-order valence-electron chi connectivity index (χ2n) is 6.75. The van der Waals surface area contributed by atoms with E-state index < -0.39 is 0 Å². The number of hydrogen-bond donors (Lipinski definition) is 2. The molecule has 1 atom stereocenters. The molecule has 28 heavy (non-hydrogen) atoms. The van der Waals surface area contributed by atoms with Crippen molar-refractivity contribution in [2.24, 2.45) is 0 Å². The molecule has 0 aliphatic rings. The normalized spacial score (nSPS) is 12.5. The topological polar surface area (TPSA) is 75.1 Å². The maximum Gasteiger partial charge on any atom is 0.220 e. The molecule has 4 aromatic rings. The predicted molar refractivity (Wildman–Crippen MR) is 113 cm³/mol. The number of hydrogen-bond acceptors (Lipinski definition) is 4. The Morgan fingerprint density at radius 1 is 1.21 bits per heavy atom. The van der Waals surface area contributed by atoms with Gasteiger partial charge in [0.05, 0.1) is 6.04 Å². The first kappa shape index (κ1) is 18.6. The number of aromatic amines is 1. The van der Waals surface area contributed by atoms with Gasteiger partial charge in [-0.15, -0.1) is 10.2 Å². The number of aryl methyl sites for hydroxylation is 1. The van der Waals surface area contributed by atoms with Gasteiger partial charge in [-0.3, -0.25) is 9.20 Å². The minimum absolute atomic E-state index is 0.0315. The van der Waals surface area contributed by atoms with Crippen molar-refractivity contribution in [3.8, 4) is 0 Å². The first-order valence-electron chi connectivity index (χ1n) is 9.39. The molecular weight excluding hydrogens is 370 g/mol. The van der Waals surface area contributed by atoms with Crippen LogP contribution in [0.2, 0.25) is 0 Å². The lowest BCUT2D eigenvalue weighted by molar-refractivity contribution is -0.121. The van der Waals surface area contributed by atoms with Crippen LogP contribution >= 0.6 is 11.8 Å². The molecule has 6 nitrogen and oxygen atoms in total. The van der Waals surface area contributed by atoms with E-state index in [1.165, 1.54) is 10.9 Å². The van der Waals surface area contributed by atoms with E-state index in [0.717, 1.165) is 29.2 Å². The number of para-hydroxylation sites is 1. The number of thioether (sulfide) groups is 1. The molecule has 0 aliphatic heterocycles. The molecule has 3 aromatic heterocycles. The maximum atomic E-state index is 12.7. The molecule has 3 heterocycles. The summed E-state index contributed by atoms with van der Waals surface area (Å²) in [7, 11) is 0. The summed E-state index contributed by atoms with van der Waals surface area (Å²) in [6.07, 6.45) is 7.96. The minimum Gasteiger partial charge on any atom is -0.361 e. The first-order valence-corrected chi connectivity index (χ1v) is 10.8. The number of rotatable bonds is 8. The molecule has 144 valence electrons. The number of H-pyrrole nitrogens is 1. The summed E-state index contributed by atoms with van der Waals surface area (Å²) in [6, 6.07) is 13.8. The zero-order chi connectivity index (χ0) is 19.3. The average molecular weight is 394 g/mol. The Hall–Kier alpha value is -2.80. The monoisotopic (exact) mass is 393 g/mol. The Kier molecular flexibility index (Phi) is 5.62. The van der Waals surface area contributed by atoms with Gasteiger partial charge in [0.25, 0.3) is 0 Å². The van der Waals surface area contributed by atoms with Crippen LogP contribution < -0.4 is 5.32 Å². The predicted octanol–water partition coefficient (Wildman–Crippen LogP) is 3.75. The number of fused-ring (bicyclic) bond motifs is 2. The van der Waals surface area contributed by atoms with Crippen LogP contribution in [0.15, 0.2) is 54.9 Å². The van der Waals surface area contributed by atoms with Crippen molar-refractivity contribution < 1.29 is 4.79 Å². The maximum absolute atomic E-state index is 12.7. The van der Waals surface area contributed by atoms with E-state index in [2.05, 4.69) is 32.8 Å². The molecule has 7 heteroatoms. The van der Waals surface area contributed by atoms with E-state index >= 15 is 0 Å². The van der Waals surface area contributed by atoms with E-state index in [1.807, 2.05) is 53.2 Å². The van der Waals surface area contributed by atoms with Gasteiger partial charge >= 0.3 is 0 Å². The van der Waals surface area contributed by atoms with Crippen LogP contribution in [0.3, 0.4) is 0 Å². The van der Waals surface area contributed by atoms with Crippen molar-refractivity contribution in [1.82, 2.24) is 24.9 Å². The van der Waals surface area contributed by atoms with Gasteiger partial charge in [-0.1, -0.05) is 24.3 Å². The number of carbonyl (C=O) groups excluding carboxylic acids is 1. The zero-order valence-electron chi connectivity index (χ0n) is 15.8. The van der Waals surface area contributed by atoms with Crippen molar-refractivity contribution in [2.45, 2.75) is 25.3 Å². The third kappa shape index (κ3) is 3.89. The first-order chi connectivity index (χ1) is 13.8. The van der Waals surface area contributed by atoms with E-state index in [4.69, 9.17) is 0 Å². The largest absolute Gasteiger partial charge is 0.361 e. The second kappa shape index (κ2) is 8.48. The Bertz CT molecular complexity index is 1090. The Morgan fingerprint density at radius 3 is 2.96 bits per heavy atom. The summed E-state index contributed by atoms with van der Waals surface area (Å²) in [5, 5.41) is 12.9. The van der Waals surface area contributed by atoms with Gasteiger partial charge in [-0.2, -0.15) is 11.8 Å². The fourth-order valence-electron chi connectivity index (χ4n) is 3.45. The molecule has 0 spiro atoms. The number of amides is 1. The molecule has 0 fully saturated rings. The minimum atomic E-state index is -0.152. The Balaban J connectivity index is 1.46. The van der Waals surface area contributed by atoms with Gasteiger partial charge in [-0.25, -0.2) is 0 Å². The van der Waals surface area contributed by atoms with Crippen molar-refractivity contribution in [1.29, 1.82) is 0 Å². The van der Waals surface area contributed by atoms with Crippen LogP contribution in [0, 0.1) is 0 Å². The standard InChI is InChI=1S/C21H23N5OS/c1-28-13-11-18(21-25-24-19-8-4-5-12-26(19)21)23-20(27)10-9-15-14-22-17-7-3-2-6-16(15)17/h2-8,12,14,18,22H,9-11,13H2,1H3,(H,23,27)/t18-/m0/s1. The number of benzene rings is 1. The van der Waals surface area contributed by atoms with Gasteiger partial charge in [0.1, 0.15) is 0 Å². The highest BCUT2D eigenvalue weighted by atomic mass is 32.2. The van der Waals surface area contributed by atoms with Crippen molar-refractivity contribution in [2.75, 3.05) is 12.0 Å². The molecule has 0 aliphatic carbocycles. The lowest BCUT2D eigenvalue weighted by Crippen LogP contribution is -2.30. The lowest BCUT2D eigenvalue weighted by atomic mass is 10.1. The number of nitrogens with one attached hydrogen (secondary N) is 2. The van der Waals surface area contributed by atoms with Gasteiger partial charge in [0.2, 0.25) is 5.91 Å². The third-order valence-corrected chi connectivity index (χ3v) is 5.54. The van der Waals surface area contributed by atoms with Crippen LogP contribution in [0.1, 0.15) is 30.3 Å². The SMILES string of the molecule is CSCC[C@H](NC(=O)CCc1c[nH]c2ccccc12)c1nnc2ccccn12. The fraction of sp³-hybridized carbons (Fsp3) is 0.286. The van der Waals surface area contributed by atoms with E-state index in [1.54, 1.807) is 11.8 Å². The van der Waals surface area contributed by atoms with E-state index in [-0.39, 0.29) is 11.9 Å². The molecule has 0 radical (unpaired) electrons. The van der Waals surface area contributed by atoms with Crippen LogP contribution in [0.4, 0.5) is 0 Å². The number of pyridine rings is 1. The van der Waals surface area contributed by atoms with Crippen LogP contribution in [0.25, 0.3) is 16.6 Å². The summed E-state index contributed by atoms with van der Waals surface area (Å²) in [5.74, 6) is 1.75. The number of aromatic nitrogens is 4. The molecule has 0 saturated carbocycles. The molecule has 0 unspecified atom stereocenters. The molecule has 0 saturated heterocycles. The summed E-state index contributed by atoms with van der Waals surface area (Å²) in [5.41, 5.74) is 3.06. The quantitative estimate of drug-likeness (QED) is 0.478. The molecule has 1 amide bonds. The molecule has 1 aromatic carbocycles. The number of nitrogens with zero attached hydrogens (tertiary/aromatic N) is 3. The molecule has 2 N–H and O–H groups in total. The van der Waals surface area contributed by atoms with Gasteiger partial charge < -0.3 is 10.3 Å². The molecule has 0 bridgehead atoms. The molecular formula is C21H23N5OS. The van der Waals surface area contributed by atoms with Crippen molar-refractivity contribution in [3.63, 3.8) is 0 Å². The Labute approximate surface area is 167 Å². The van der Waals surface area contributed by atoms with E-state index in [0.29, 0.717) is 12.8 Å². The van der Waals surface area contributed by atoms with Gasteiger partial charge in [0.15, 0.2) is 11.5 Å².